The molecule has 0 aliphatic carbocycles. The predicted molar refractivity (Wildman–Crippen MR) is 48.6 cm³/mol. The molecular weight excluding hydrogens is 167 g/mol. The Balaban J connectivity index is 2.70. The van der Waals surface area contributed by atoms with Gasteiger partial charge in [0, 0.05) is 6.42 Å². The van der Waals surface area contributed by atoms with E-state index in [1.807, 2.05) is 0 Å². The highest BCUT2D eigenvalue weighted by molar-refractivity contribution is 5.82. The number of carbonyl (C=O) groups is 1. The lowest BCUT2D eigenvalue weighted by molar-refractivity contribution is -0.117. The molecule has 0 spiro atoms. The summed E-state index contributed by atoms with van der Waals surface area (Å²) in [5, 5.41) is 0. The van der Waals surface area contributed by atoms with Crippen LogP contribution in [0.3, 0.4) is 0 Å². The van der Waals surface area contributed by atoms with E-state index in [9.17, 15) is 9.18 Å². The van der Waals surface area contributed by atoms with Crippen molar-refractivity contribution in [2.45, 2.75) is 12.8 Å². The van der Waals surface area contributed by atoms with E-state index >= 15 is 0 Å². The van der Waals surface area contributed by atoms with Gasteiger partial charge in [0.1, 0.15) is 11.6 Å². The standard InChI is InChI=1S/C11H9FO/c1-2-5-10(13)8-9-6-3-4-7-11(9)12/h1,3-4,6-7H,5,8H2. The minimum Gasteiger partial charge on any atom is -0.298 e. The Kier molecular flexibility index (Phi) is 3.22. The minimum absolute atomic E-state index is 0.0638. The third-order valence-corrected chi connectivity index (χ3v) is 1.64. The monoisotopic (exact) mass is 176 g/mol. The second-order valence-corrected chi connectivity index (χ2v) is 2.69. The minimum atomic E-state index is -0.354. The second-order valence-electron chi connectivity index (χ2n) is 2.69. The first-order valence-corrected chi connectivity index (χ1v) is 3.92. The Morgan fingerprint density at radius 2 is 2.15 bits per heavy atom. The van der Waals surface area contributed by atoms with E-state index < -0.39 is 0 Å². The molecule has 0 aliphatic heterocycles. The molecule has 0 unspecified atom stereocenters. The third-order valence-electron chi connectivity index (χ3n) is 1.64. The van der Waals surface area contributed by atoms with Crippen LogP contribution < -0.4 is 0 Å². The second kappa shape index (κ2) is 4.42. The fourth-order valence-electron chi connectivity index (χ4n) is 1.03. The van der Waals surface area contributed by atoms with Crippen LogP contribution in [0.5, 0.6) is 0 Å². The molecule has 0 aromatic heterocycles. The SMILES string of the molecule is C#CCC(=O)Cc1ccccc1F. The van der Waals surface area contributed by atoms with Gasteiger partial charge >= 0.3 is 0 Å². The first kappa shape index (κ1) is 9.47. The smallest absolute Gasteiger partial charge is 0.149 e. The van der Waals surface area contributed by atoms with Crippen molar-refractivity contribution < 1.29 is 9.18 Å². The molecule has 2 heteroatoms. The van der Waals surface area contributed by atoms with Gasteiger partial charge in [-0.2, -0.15) is 0 Å². The number of ketones is 1. The van der Waals surface area contributed by atoms with Crippen LogP contribution in [0.1, 0.15) is 12.0 Å². The summed E-state index contributed by atoms with van der Waals surface area (Å²) in [6.45, 7) is 0. The van der Waals surface area contributed by atoms with Crippen molar-refractivity contribution in [1.29, 1.82) is 0 Å². The number of Topliss-reactive ketones (excluding diaryl/α,β-unsaturated/α-hetero) is 1. The zero-order valence-corrected chi connectivity index (χ0v) is 7.09. The summed E-state index contributed by atoms with van der Waals surface area (Å²) in [7, 11) is 0. The summed E-state index contributed by atoms with van der Waals surface area (Å²) in [5.41, 5.74) is 0.405. The zero-order chi connectivity index (χ0) is 9.68. The number of rotatable bonds is 3. The summed E-state index contributed by atoms with van der Waals surface area (Å²) >= 11 is 0. The third kappa shape index (κ3) is 2.72. The molecule has 0 fully saturated rings. The van der Waals surface area contributed by atoms with Crippen molar-refractivity contribution in [3.05, 3.63) is 35.6 Å². The topological polar surface area (TPSA) is 17.1 Å². The normalized spacial score (nSPS) is 9.23. The summed E-state index contributed by atoms with van der Waals surface area (Å²) in [4.78, 5) is 11.1. The number of terminal acetylenes is 1. The van der Waals surface area contributed by atoms with E-state index in [4.69, 9.17) is 6.42 Å². The van der Waals surface area contributed by atoms with Crippen molar-refractivity contribution in [3.63, 3.8) is 0 Å². The van der Waals surface area contributed by atoms with Crippen molar-refractivity contribution in [1.82, 2.24) is 0 Å². The van der Waals surface area contributed by atoms with Crippen LogP contribution in [0.4, 0.5) is 4.39 Å². The molecular formula is C11H9FO. The molecule has 0 N–H and O–H groups in total. The summed E-state index contributed by atoms with van der Waals surface area (Å²) in [5.74, 6) is 1.75. The van der Waals surface area contributed by atoms with Gasteiger partial charge in [0.2, 0.25) is 0 Å². The summed E-state index contributed by atoms with van der Waals surface area (Å²) < 4.78 is 13.0. The molecule has 66 valence electrons. The zero-order valence-electron chi connectivity index (χ0n) is 7.09. The molecule has 0 atom stereocenters. The Morgan fingerprint density at radius 1 is 1.46 bits per heavy atom. The maximum Gasteiger partial charge on any atom is 0.149 e. The van der Waals surface area contributed by atoms with E-state index in [2.05, 4.69) is 5.92 Å². The van der Waals surface area contributed by atoms with E-state index in [1.165, 1.54) is 6.07 Å². The van der Waals surface area contributed by atoms with Gasteiger partial charge in [-0.25, -0.2) is 4.39 Å². The fourth-order valence-corrected chi connectivity index (χ4v) is 1.03. The lowest BCUT2D eigenvalue weighted by Crippen LogP contribution is -2.02. The van der Waals surface area contributed by atoms with Gasteiger partial charge in [-0.05, 0) is 11.6 Å². The molecule has 0 radical (unpaired) electrons. The molecule has 1 nitrogen and oxygen atoms in total. The van der Waals surface area contributed by atoms with Gasteiger partial charge in [0.15, 0.2) is 0 Å². The number of hydrogen-bond donors (Lipinski definition) is 0. The van der Waals surface area contributed by atoms with Crippen molar-refractivity contribution in [2.24, 2.45) is 0 Å². The van der Waals surface area contributed by atoms with E-state index in [-0.39, 0.29) is 24.4 Å². The molecule has 1 aromatic rings. The van der Waals surface area contributed by atoms with Crippen LogP contribution in [0, 0.1) is 18.2 Å². The molecule has 0 saturated heterocycles. The molecule has 13 heavy (non-hydrogen) atoms. The van der Waals surface area contributed by atoms with Crippen LogP contribution in [0.25, 0.3) is 0 Å². The van der Waals surface area contributed by atoms with Gasteiger partial charge in [-0.15, -0.1) is 6.42 Å². The van der Waals surface area contributed by atoms with Crippen molar-refractivity contribution in [2.75, 3.05) is 0 Å². The highest BCUT2D eigenvalue weighted by Crippen LogP contribution is 2.07. The quantitative estimate of drug-likeness (QED) is 0.643. The number of halogens is 1. The van der Waals surface area contributed by atoms with E-state index in [0.717, 1.165) is 0 Å². The van der Waals surface area contributed by atoms with Gasteiger partial charge in [-0.3, -0.25) is 4.79 Å². The molecule has 1 aromatic carbocycles. The Bertz CT molecular complexity index is 349. The molecule has 1 rings (SSSR count). The van der Waals surface area contributed by atoms with Gasteiger partial charge in [0.05, 0.1) is 6.42 Å². The van der Waals surface area contributed by atoms with E-state index in [1.54, 1.807) is 18.2 Å². The average molecular weight is 176 g/mol. The number of hydrogen-bond acceptors (Lipinski definition) is 1. The molecule has 0 amide bonds. The van der Waals surface area contributed by atoms with Crippen molar-refractivity contribution in [3.8, 4) is 12.3 Å². The van der Waals surface area contributed by atoms with Crippen LogP contribution >= 0.6 is 0 Å². The lowest BCUT2D eigenvalue weighted by atomic mass is 10.1. The molecule has 0 bridgehead atoms. The van der Waals surface area contributed by atoms with Gasteiger partial charge < -0.3 is 0 Å². The predicted octanol–water partition coefficient (Wildman–Crippen LogP) is 1.96. The average Bonchev–Trinajstić information content (AvgIpc) is 2.09. The number of benzene rings is 1. The number of carbonyl (C=O) groups excluding carboxylic acids is 1. The van der Waals surface area contributed by atoms with Crippen LogP contribution in [0.2, 0.25) is 0 Å². The first-order chi connectivity index (χ1) is 6.24. The fraction of sp³-hybridized carbons (Fsp3) is 0.182. The van der Waals surface area contributed by atoms with Crippen LogP contribution in [-0.4, -0.2) is 5.78 Å². The lowest BCUT2D eigenvalue weighted by Gasteiger charge is -1.99. The van der Waals surface area contributed by atoms with Crippen LogP contribution in [-0.2, 0) is 11.2 Å². The first-order valence-electron chi connectivity index (χ1n) is 3.92. The maximum absolute atomic E-state index is 13.0. The summed E-state index contributed by atoms with van der Waals surface area (Å²) in [6, 6.07) is 6.20. The largest absolute Gasteiger partial charge is 0.298 e. The maximum atomic E-state index is 13.0. The highest BCUT2D eigenvalue weighted by atomic mass is 19.1. The molecule has 0 saturated carbocycles. The Labute approximate surface area is 76.6 Å². The highest BCUT2D eigenvalue weighted by Gasteiger charge is 2.05. The van der Waals surface area contributed by atoms with Gasteiger partial charge in [-0.1, -0.05) is 24.1 Å². The summed E-state index contributed by atoms with van der Waals surface area (Å²) in [6.07, 6.45) is 5.10. The van der Waals surface area contributed by atoms with Crippen LogP contribution in [0.15, 0.2) is 24.3 Å². The molecule has 0 aliphatic rings. The Hall–Kier alpha value is -1.62. The Morgan fingerprint density at radius 3 is 2.77 bits per heavy atom. The van der Waals surface area contributed by atoms with Crippen molar-refractivity contribution >= 4 is 5.78 Å². The van der Waals surface area contributed by atoms with E-state index in [0.29, 0.717) is 5.56 Å². The van der Waals surface area contributed by atoms with Gasteiger partial charge in [0.25, 0.3) is 0 Å². The molecule has 0 heterocycles.